The van der Waals surface area contributed by atoms with E-state index in [2.05, 4.69) is 4.74 Å². The monoisotopic (exact) mass is 233 g/mol. The summed E-state index contributed by atoms with van der Waals surface area (Å²) in [5, 5.41) is 9.15. The molecule has 0 saturated heterocycles. The van der Waals surface area contributed by atoms with Crippen LogP contribution in [0.3, 0.4) is 0 Å². The van der Waals surface area contributed by atoms with Crippen LogP contribution in [0.25, 0.3) is 0 Å². The molecule has 0 fully saturated rings. The lowest BCUT2D eigenvalue weighted by Gasteiger charge is -2.08. The molecule has 7 heteroatoms. The van der Waals surface area contributed by atoms with E-state index in [1.807, 2.05) is 4.98 Å². The van der Waals surface area contributed by atoms with Crippen LogP contribution in [0.2, 0.25) is 0 Å². The number of halogens is 2. The molecular formula is C9H9F2NO4. The van der Waals surface area contributed by atoms with Gasteiger partial charge in [0.25, 0.3) is 12.0 Å². The van der Waals surface area contributed by atoms with Crippen molar-refractivity contribution in [2.75, 3.05) is 6.61 Å². The number of hydrogen-bond donors (Lipinski definition) is 2. The highest BCUT2D eigenvalue weighted by molar-refractivity contribution is 5.89. The molecule has 0 aromatic carbocycles. The first-order valence-corrected chi connectivity index (χ1v) is 4.38. The maximum Gasteiger partial charge on any atom is 0.355 e. The molecule has 1 heterocycles. The Kier molecular flexibility index (Phi) is 3.60. The smallest absolute Gasteiger partial charge is 0.355 e. The fraction of sp³-hybridized carbons (Fsp3) is 0.333. The summed E-state index contributed by atoms with van der Waals surface area (Å²) in [6.45, 7) is 1.46. The Labute approximate surface area is 88.7 Å². The van der Waals surface area contributed by atoms with E-state index in [0.717, 1.165) is 0 Å². The van der Waals surface area contributed by atoms with Crippen molar-refractivity contribution in [3.8, 4) is 5.75 Å². The lowest BCUT2D eigenvalue weighted by Crippen LogP contribution is -2.17. The molecule has 1 aromatic rings. The molecule has 0 aliphatic rings. The van der Waals surface area contributed by atoms with Gasteiger partial charge in [0.15, 0.2) is 0 Å². The van der Waals surface area contributed by atoms with Crippen molar-refractivity contribution in [3.05, 3.63) is 27.7 Å². The summed E-state index contributed by atoms with van der Waals surface area (Å²) in [6.07, 6.45) is -3.09. The first-order chi connectivity index (χ1) is 7.47. The van der Waals surface area contributed by atoms with E-state index in [0.29, 0.717) is 6.07 Å². The number of ether oxygens (including phenoxy) is 1. The van der Waals surface area contributed by atoms with Crippen molar-refractivity contribution in [1.29, 1.82) is 0 Å². The normalized spacial score (nSPS) is 10.5. The predicted molar refractivity (Wildman–Crippen MR) is 49.6 cm³/mol. The van der Waals surface area contributed by atoms with Crippen LogP contribution in [0.1, 0.15) is 29.4 Å². The number of pyridine rings is 1. The predicted octanol–water partition coefficient (Wildman–Crippen LogP) is 1.19. The van der Waals surface area contributed by atoms with Gasteiger partial charge in [0.1, 0.15) is 11.4 Å². The third kappa shape index (κ3) is 2.36. The molecule has 0 bridgehead atoms. The molecular weight excluding hydrogens is 224 g/mol. The summed E-state index contributed by atoms with van der Waals surface area (Å²) in [5.41, 5.74) is -2.51. The summed E-state index contributed by atoms with van der Waals surface area (Å²) in [4.78, 5) is 24.1. The number of carbonyl (C=O) groups is 1. The average Bonchev–Trinajstić information content (AvgIpc) is 2.15. The van der Waals surface area contributed by atoms with Crippen molar-refractivity contribution in [1.82, 2.24) is 4.98 Å². The highest BCUT2D eigenvalue weighted by atomic mass is 19.3. The second kappa shape index (κ2) is 4.73. The first-order valence-electron chi connectivity index (χ1n) is 4.38. The zero-order valence-electron chi connectivity index (χ0n) is 8.29. The maximum atomic E-state index is 12.5. The van der Waals surface area contributed by atoms with Gasteiger partial charge in [-0.2, -0.15) is 0 Å². The second-order valence-corrected chi connectivity index (χ2v) is 2.83. The average molecular weight is 233 g/mol. The third-order valence-electron chi connectivity index (χ3n) is 1.76. The molecule has 0 aliphatic carbocycles. The quantitative estimate of drug-likeness (QED) is 0.768. The van der Waals surface area contributed by atoms with Crippen LogP contribution in [-0.2, 0) is 4.74 Å². The summed E-state index contributed by atoms with van der Waals surface area (Å²) in [7, 11) is 0. The maximum absolute atomic E-state index is 12.5. The molecule has 5 nitrogen and oxygen atoms in total. The van der Waals surface area contributed by atoms with E-state index in [1.54, 1.807) is 0 Å². The molecule has 0 radical (unpaired) electrons. The molecule has 16 heavy (non-hydrogen) atoms. The van der Waals surface area contributed by atoms with Gasteiger partial charge >= 0.3 is 5.97 Å². The zero-order valence-corrected chi connectivity index (χ0v) is 8.29. The first kappa shape index (κ1) is 12.2. The van der Waals surface area contributed by atoms with Gasteiger partial charge in [-0.3, -0.25) is 4.79 Å². The Hall–Kier alpha value is -1.92. The standard InChI is InChI=1S/C9H9F2NO4/c1-2-16-9(15)7-6(8(10)11)4(13)3-5(14)12-7/h3,8H,2H2,1H3,(H2,12,13,14). The van der Waals surface area contributed by atoms with Crippen molar-refractivity contribution >= 4 is 5.97 Å². The molecule has 0 spiro atoms. The van der Waals surface area contributed by atoms with Crippen LogP contribution < -0.4 is 5.56 Å². The largest absolute Gasteiger partial charge is 0.507 e. The van der Waals surface area contributed by atoms with Gasteiger partial charge < -0.3 is 14.8 Å². The Balaban J connectivity index is 3.35. The number of rotatable bonds is 3. The van der Waals surface area contributed by atoms with Gasteiger partial charge in [-0.15, -0.1) is 0 Å². The van der Waals surface area contributed by atoms with Gasteiger partial charge in [-0.1, -0.05) is 0 Å². The minimum Gasteiger partial charge on any atom is -0.507 e. The van der Waals surface area contributed by atoms with Crippen molar-refractivity contribution in [2.45, 2.75) is 13.3 Å². The lowest BCUT2D eigenvalue weighted by atomic mass is 10.2. The molecule has 0 atom stereocenters. The van der Waals surface area contributed by atoms with Crippen molar-refractivity contribution < 1.29 is 23.4 Å². The number of nitrogens with one attached hydrogen (secondary N) is 1. The van der Waals surface area contributed by atoms with E-state index < -0.39 is 35.0 Å². The van der Waals surface area contributed by atoms with E-state index in [9.17, 15) is 18.4 Å². The van der Waals surface area contributed by atoms with Crippen LogP contribution >= 0.6 is 0 Å². The summed E-state index contributed by atoms with van der Waals surface area (Å²) in [6, 6.07) is 0.574. The number of alkyl halides is 2. The molecule has 1 aromatic heterocycles. The number of carbonyl (C=O) groups excluding carboxylic acids is 1. The Morgan fingerprint density at radius 1 is 1.62 bits per heavy atom. The van der Waals surface area contributed by atoms with Gasteiger partial charge in [0.2, 0.25) is 0 Å². The fourth-order valence-electron chi connectivity index (χ4n) is 1.14. The van der Waals surface area contributed by atoms with Crippen molar-refractivity contribution in [2.24, 2.45) is 0 Å². The second-order valence-electron chi connectivity index (χ2n) is 2.83. The molecule has 0 saturated carbocycles. The van der Waals surface area contributed by atoms with E-state index in [4.69, 9.17) is 5.11 Å². The van der Waals surface area contributed by atoms with Crippen LogP contribution in [0, 0.1) is 0 Å². The third-order valence-corrected chi connectivity index (χ3v) is 1.76. The molecule has 1 rings (SSSR count). The molecule has 0 aliphatic heterocycles. The van der Waals surface area contributed by atoms with Gasteiger partial charge in [-0.05, 0) is 6.92 Å². The number of H-pyrrole nitrogens is 1. The number of esters is 1. The Bertz CT molecular complexity index is 455. The zero-order chi connectivity index (χ0) is 12.3. The Morgan fingerprint density at radius 2 is 2.25 bits per heavy atom. The van der Waals surface area contributed by atoms with Crippen molar-refractivity contribution in [3.63, 3.8) is 0 Å². The fourth-order valence-corrected chi connectivity index (χ4v) is 1.14. The molecule has 0 amide bonds. The lowest BCUT2D eigenvalue weighted by molar-refractivity contribution is 0.0505. The summed E-state index contributed by atoms with van der Waals surface area (Å²) < 4.78 is 29.5. The van der Waals surface area contributed by atoms with Crippen LogP contribution in [-0.4, -0.2) is 22.7 Å². The Morgan fingerprint density at radius 3 is 2.75 bits per heavy atom. The van der Waals surface area contributed by atoms with Crippen LogP contribution in [0.5, 0.6) is 5.75 Å². The summed E-state index contributed by atoms with van der Waals surface area (Å²) >= 11 is 0. The minimum atomic E-state index is -3.09. The topological polar surface area (TPSA) is 79.4 Å². The van der Waals surface area contributed by atoms with E-state index >= 15 is 0 Å². The summed E-state index contributed by atoms with van der Waals surface area (Å²) in [5.74, 6) is -2.03. The van der Waals surface area contributed by atoms with E-state index in [1.165, 1.54) is 6.92 Å². The SMILES string of the molecule is CCOC(=O)c1[nH]c(=O)cc(O)c1C(F)F. The van der Waals surface area contributed by atoms with Crippen LogP contribution in [0.15, 0.2) is 10.9 Å². The number of aromatic amines is 1. The van der Waals surface area contributed by atoms with Gasteiger partial charge in [-0.25, -0.2) is 13.6 Å². The molecule has 0 unspecified atom stereocenters. The minimum absolute atomic E-state index is 0.0286. The highest BCUT2D eigenvalue weighted by Gasteiger charge is 2.24. The highest BCUT2D eigenvalue weighted by Crippen LogP contribution is 2.29. The number of hydrogen-bond acceptors (Lipinski definition) is 4. The molecule has 2 N–H and O–H groups in total. The van der Waals surface area contributed by atoms with Gasteiger partial charge in [0, 0.05) is 6.07 Å². The molecule has 88 valence electrons. The number of aromatic hydroxyl groups is 1. The van der Waals surface area contributed by atoms with Crippen LogP contribution in [0.4, 0.5) is 8.78 Å². The van der Waals surface area contributed by atoms with E-state index in [-0.39, 0.29) is 6.61 Å². The van der Waals surface area contributed by atoms with Gasteiger partial charge in [0.05, 0.1) is 12.2 Å². The number of aromatic nitrogens is 1.